The Morgan fingerprint density at radius 1 is 1.19 bits per heavy atom. The number of rotatable bonds is 6. The van der Waals surface area contributed by atoms with Gasteiger partial charge in [0.1, 0.15) is 5.82 Å². The van der Waals surface area contributed by atoms with Crippen LogP contribution in [0.2, 0.25) is 0 Å². The first-order valence-electron chi connectivity index (χ1n) is 8.58. The maximum Gasteiger partial charge on any atom is 0.131 e. The van der Waals surface area contributed by atoms with Crippen molar-refractivity contribution in [2.75, 3.05) is 13.1 Å². The monoisotopic (exact) mass is 289 g/mol. The SMILES string of the molecule is CCCNCC(C)c1c(C)nc(C2CCC(C)C2)nc1C. The van der Waals surface area contributed by atoms with Crippen molar-refractivity contribution in [1.29, 1.82) is 0 Å². The first-order valence-corrected chi connectivity index (χ1v) is 8.58. The molecule has 2 rings (SSSR count). The molecule has 3 heteroatoms. The minimum atomic E-state index is 0.480. The normalized spacial score (nSPS) is 23.5. The molecule has 0 aromatic carbocycles. The van der Waals surface area contributed by atoms with Crippen molar-refractivity contribution in [3.05, 3.63) is 22.8 Å². The topological polar surface area (TPSA) is 37.8 Å². The fraction of sp³-hybridized carbons (Fsp3) is 0.778. The van der Waals surface area contributed by atoms with Crippen molar-refractivity contribution in [2.45, 2.75) is 72.1 Å². The Balaban J connectivity index is 2.13. The van der Waals surface area contributed by atoms with Crippen LogP contribution in [0.25, 0.3) is 0 Å². The fourth-order valence-corrected chi connectivity index (χ4v) is 3.69. The Bertz CT molecular complexity index is 447. The van der Waals surface area contributed by atoms with E-state index in [1.807, 2.05) is 0 Å². The van der Waals surface area contributed by atoms with E-state index in [9.17, 15) is 0 Å². The molecule has 1 aliphatic rings. The molecule has 1 aliphatic carbocycles. The predicted octanol–water partition coefficient (Wildman–Crippen LogP) is 4.10. The molecular weight excluding hydrogens is 258 g/mol. The quantitative estimate of drug-likeness (QED) is 0.801. The minimum absolute atomic E-state index is 0.480. The van der Waals surface area contributed by atoms with Crippen LogP contribution in [0, 0.1) is 19.8 Å². The molecule has 0 bridgehead atoms. The Kier molecular flexibility index (Phi) is 5.74. The molecule has 1 aromatic rings. The van der Waals surface area contributed by atoms with Crippen LogP contribution in [0.4, 0.5) is 0 Å². The van der Waals surface area contributed by atoms with Gasteiger partial charge in [-0.1, -0.05) is 20.8 Å². The second kappa shape index (κ2) is 7.35. The Hall–Kier alpha value is -0.960. The van der Waals surface area contributed by atoms with Crippen LogP contribution in [0.15, 0.2) is 0 Å². The third-order valence-corrected chi connectivity index (χ3v) is 4.77. The molecule has 1 fully saturated rings. The maximum absolute atomic E-state index is 4.86. The molecule has 1 aromatic heterocycles. The van der Waals surface area contributed by atoms with Crippen LogP contribution < -0.4 is 5.32 Å². The highest BCUT2D eigenvalue weighted by atomic mass is 14.9. The molecule has 1 N–H and O–H groups in total. The molecule has 0 amide bonds. The van der Waals surface area contributed by atoms with Gasteiger partial charge in [-0.25, -0.2) is 9.97 Å². The van der Waals surface area contributed by atoms with E-state index in [-0.39, 0.29) is 0 Å². The van der Waals surface area contributed by atoms with E-state index in [1.165, 1.54) is 42.6 Å². The van der Waals surface area contributed by atoms with Gasteiger partial charge in [-0.3, -0.25) is 0 Å². The highest BCUT2D eigenvalue weighted by Crippen LogP contribution is 2.37. The van der Waals surface area contributed by atoms with Gasteiger partial charge in [0, 0.05) is 23.9 Å². The lowest BCUT2D eigenvalue weighted by Gasteiger charge is -2.19. The molecule has 3 unspecified atom stereocenters. The highest BCUT2D eigenvalue weighted by Gasteiger charge is 2.26. The minimum Gasteiger partial charge on any atom is -0.316 e. The summed E-state index contributed by atoms with van der Waals surface area (Å²) in [7, 11) is 0. The zero-order chi connectivity index (χ0) is 15.4. The van der Waals surface area contributed by atoms with Gasteiger partial charge < -0.3 is 5.32 Å². The fourth-order valence-electron chi connectivity index (χ4n) is 3.69. The van der Waals surface area contributed by atoms with Crippen molar-refractivity contribution in [3.8, 4) is 0 Å². The number of aromatic nitrogens is 2. The van der Waals surface area contributed by atoms with Gasteiger partial charge >= 0.3 is 0 Å². The van der Waals surface area contributed by atoms with Crippen LogP contribution in [0.3, 0.4) is 0 Å². The van der Waals surface area contributed by atoms with Crippen LogP contribution in [-0.2, 0) is 0 Å². The number of hydrogen-bond acceptors (Lipinski definition) is 3. The van der Waals surface area contributed by atoms with E-state index in [4.69, 9.17) is 9.97 Å². The number of hydrogen-bond donors (Lipinski definition) is 1. The zero-order valence-electron chi connectivity index (χ0n) is 14.4. The molecule has 0 radical (unpaired) electrons. The Labute approximate surface area is 130 Å². The summed E-state index contributed by atoms with van der Waals surface area (Å²) in [4.78, 5) is 9.72. The lowest BCUT2D eigenvalue weighted by atomic mass is 9.97. The van der Waals surface area contributed by atoms with E-state index < -0.39 is 0 Å². The van der Waals surface area contributed by atoms with Crippen molar-refractivity contribution < 1.29 is 0 Å². The van der Waals surface area contributed by atoms with Crippen LogP contribution in [-0.4, -0.2) is 23.1 Å². The summed E-state index contributed by atoms with van der Waals surface area (Å²) in [5, 5.41) is 3.51. The molecular formula is C18H31N3. The van der Waals surface area contributed by atoms with Gasteiger partial charge in [0.2, 0.25) is 0 Å². The molecule has 0 saturated heterocycles. The summed E-state index contributed by atoms with van der Waals surface area (Å²) in [5.41, 5.74) is 3.71. The third kappa shape index (κ3) is 4.03. The summed E-state index contributed by atoms with van der Waals surface area (Å²) >= 11 is 0. The van der Waals surface area contributed by atoms with Crippen molar-refractivity contribution in [1.82, 2.24) is 15.3 Å². The van der Waals surface area contributed by atoms with E-state index in [1.54, 1.807) is 0 Å². The van der Waals surface area contributed by atoms with Crippen LogP contribution in [0.5, 0.6) is 0 Å². The number of aryl methyl sites for hydroxylation is 2. The molecule has 0 aliphatic heterocycles. The second-order valence-corrected chi connectivity index (χ2v) is 6.89. The van der Waals surface area contributed by atoms with Crippen LogP contribution >= 0.6 is 0 Å². The molecule has 118 valence electrons. The van der Waals surface area contributed by atoms with Gasteiger partial charge in [-0.15, -0.1) is 0 Å². The molecule has 21 heavy (non-hydrogen) atoms. The average Bonchev–Trinajstić information content (AvgIpc) is 2.85. The smallest absolute Gasteiger partial charge is 0.131 e. The Morgan fingerprint density at radius 3 is 2.38 bits per heavy atom. The Morgan fingerprint density at radius 2 is 1.86 bits per heavy atom. The largest absolute Gasteiger partial charge is 0.316 e. The van der Waals surface area contributed by atoms with E-state index in [2.05, 4.69) is 39.9 Å². The molecule has 3 nitrogen and oxygen atoms in total. The van der Waals surface area contributed by atoms with Gasteiger partial charge in [-0.05, 0) is 63.5 Å². The van der Waals surface area contributed by atoms with Crippen LogP contribution in [0.1, 0.15) is 81.1 Å². The van der Waals surface area contributed by atoms with E-state index >= 15 is 0 Å². The first kappa shape index (κ1) is 16.4. The number of nitrogens with zero attached hydrogens (tertiary/aromatic N) is 2. The van der Waals surface area contributed by atoms with E-state index in [0.717, 1.165) is 24.8 Å². The zero-order valence-corrected chi connectivity index (χ0v) is 14.4. The average molecular weight is 289 g/mol. The van der Waals surface area contributed by atoms with Crippen molar-refractivity contribution >= 4 is 0 Å². The lowest BCUT2D eigenvalue weighted by Crippen LogP contribution is -2.22. The lowest BCUT2D eigenvalue weighted by molar-refractivity contribution is 0.575. The van der Waals surface area contributed by atoms with Crippen molar-refractivity contribution in [2.24, 2.45) is 5.92 Å². The van der Waals surface area contributed by atoms with Gasteiger partial charge in [0.25, 0.3) is 0 Å². The van der Waals surface area contributed by atoms with Crippen molar-refractivity contribution in [3.63, 3.8) is 0 Å². The molecule has 0 spiro atoms. The number of nitrogens with one attached hydrogen (secondary N) is 1. The first-order chi connectivity index (χ1) is 10.0. The van der Waals surface area contributed by atoms with Gasteiger partial charge in [-0.2, -0.15) is 0 Å². The standard InChI is InChI=1S/C18H31N3/c1-6-9-19-11-13(3)17-14(4)20-18(21-15(17)5)16-8-7-12(2)10-16/h12-13,16,19H,6-11H2,1-5H3. The summed E-state index contributed by atoms with van der Waals surface area (Å²) in [5.74, 6) is 2.98. The third-order valence-electron chi connectivity index (χ3n) is 4.77. The summed E-state index contributed by atoms with van der Waals surface area (Å²) < 4.78 is 0. The molecule has 1 heterocycles. The highest BCUT2D eigenvalue weighted by molar-refractivity contribution is 5.29. The molecule has 1 saturated carbocycles. The van der Waals surface area contributed by atoms with Gasteiger partial charge in [0.05, 0.1) is 0 Å². The van der Waals surface area contributed by atoms with E-state index in [0.29, 0.717) is 11.8 Å². The van der Waals surface area contributed by atoms with Gasteiger partial charge in [0.15, 0.2) is 0 Å². The summed E-state index contributed by atoms with van der Waals surface area (Å²) in [6.45, 7) is 13.2. The second-order valence-electron chi connectivity index (χ2n) is 6.89. The summed E-state index contributed by atoms with van der Waals surface area (Å²) in [6, 6.07) is 0. The molecule has 3 atom stereocenters. The summed E-state index contributed by atoms with van der Waals surface area (Å²) in [6.07, 6.45) is 5.02. The maximum atomic E-state index is 4.86. The predicted molar refractivity (Wildman–Crippen MR) is 88.8 cm³/mol.